The second-order valence-corrected chi connectivity index (χ2v) is 8.04. The second-order valence-electron chi connectivity index (χ2n) is 8.04. The van der Waals surface area contributed by atoms with Crippen molar-refractivity contribution < 1.29 is 27.1 Å². The first-order valence-electron chi connectivity index (χ1n) is 10.1. The summed E-state index contributed by atoms with van der Waals surface area (Å²) in [7, 11) is 0. The monoisotopic (exact) mass is 446 g/mol. The average molecular weight is 446 g/mol. The number of aryl methyl sites for hydroxylation is 1. The van der Waals surface area contributed by atoms with Gasteiger partial charge in [-0.25, -0.2) is 14.4 Å². The molecular weight excluding hydrogens is 428 g/mol. The Labute approximate surface area is 180 Å². The normalized spacial score (nSPS) is 15.9. The van der Waals surface area contributed by atoms with Crippen LogP contribution in [0.3, 0.4) is 0 Å². The Balaban J connectivity index is 1.39. The highest BCUT2D eigenvalue weighted by Gasteiger charge is 2.36. The van der Waals surface area contributed by atoms with Gasteiger partial charge in [0.1, 0.15) is 11.6 Å². The number of hydrogen-bond acceptors (Lipinski definition) is 4. The molecule has 3 aromatic rings. The Hall–Kier alpha value is -3.43. The minimum absolute atomic E-state index is 0.0868. The number of rotatable bonds is 5. The molecule has 1 aliphatic carbocycles. The van der Waals surface area contributed by atoms with Crippen molar-refractivity contribution in [2.75, 3.05) is 6.54 Å². The number of alkyl halides is 3. The Morgan fingerprint density at radius 2 is 1.97 bits per heavy atom. The summed E-state index contributed by atoms with van der Waals surface area (Å²) in [5.41, 5.74) is 0.413. The molecular formula is C22H18F4N4O2. The Morgan fingerprint density at radius 1 is 1.19 bits per heavy atom. The van der Waals surface area contributed by atoms with Gasteiger partial charge >= 0.3 is 6.18 Å². The molecule has 2 aliphatic rings. The molecule has 0 radical (unpaired) electrons. The molecule has 1 amide bonds. The van der Waals surface area contributed by atoms with Gasteiger partial charge in [0.25, 0.3) is 5.91 Å². The van der Waals surface area contributed by atoms with Gasteiger partial charge in [-0.05, 0) is 43.9 Å². The van der Waals surface area contributed by atoms with E-state index in [0.717, 1.165) is 31.0 Å². The van der Waals surface area contributed by atoms with Crippen LogP contribution in [0.15, 0.2) is 36.5 Å². The van der Waals surface area contributed by atoms with Gasteiger partial charge in [-0.2, -0.15) is 13.2 Å². The van der Waals surface area contributed by atoms with Gasteiger partial charge in [0.05, 0.1) is 23.6 Å². The fourth-order valence-electron chi connectivity index (χ4n) is 3.82. The molecule has 5 rings (SSSR count). The largest absolute Gasteiger partial charge is 0.439 e. The molecule has 0 bridgehead atoms. The number of amides is 1. The van der Waals surface area contributed by atoms with Crippen molar-refractivity contribution in [1.29, 1.82) is 0 Å². The number of halogens is 4. The third-order valence-electron chi connectivity index (χ3n) is 5.59. The van der Waals surface area contributed by atoms with Crippen LogP contribution >= 0.6 is 0 Å². The van der Waals surface area contributed by atoms with Crippen LogP contribution in [0.5, 0.6) is 11.6 Å². The number of hydrogen-bond donors (Lipinski definition) is 0. The summed E-state index contributed by atoms with van der Waals surface area (Å²) in [5, 5.41) is 0. The molecule has 1 aliphatic heterocycles. The van der Waals surface area contributed by atoms with Gasteiger partial charge in [0.15, 0.2) is 0 Å². The molecule has 10 heteroatoms. The van der Waals surface area contributed by atoms with Crippen LogP contribution in [0.4, 0.5) is 17.6 Å². The zero-order valence-corrected chi connectivity index (χ0v) is 17.0. The van der Waals surface area contributed by atoms with E-state index in [2.05, 4.69) is 9.97 Å². The SMILES string of the molecule is Cc1nc2n(c1-c1ccc(Oc3ccc(C(F)(F)F)cn3)cc1F)CN(CC1CC1)C2=O. The molecule has 32 heavy (non-hydrogen) atoms. The van der Waals surface area contributed by atoms with E-state index < -0.39 is 17.6 Å². The zero-order chi connectivity index (χ0) is 22.6. The van der Waals surface area contributed by atoms with Crippen LogP contribution in [0, 0.1) is 18.7 Å². The van der Waals surface area contributed by atoms with E-state index in [9.17, 15) is 18.0 Å². The van der Waals surface area contributed by atoms with Gasteiger partial charge in [-0.1, -0.05) is 0 Å². The van der Waals surface area contributed by atoms with Crippen LogP contribution < -0.4 is 4.74 Å². The van der Waals surface area contributed by atoms with Gasteiger partial charge in [0.2, 0.25) is 11.7 Å². The zero-order valence-electron chi connectivity index (χ0n) is 17.0. The number of carbonyl (C=O) groups excluding carboxylic acids is 1. The topological polar surface area (TPSA) is 60.2 Å². The van der Waals surface area contributed by atoms with Gasteiger partial charge < -0.3 is 14.2 Å². The van der Waals surface area contributed by atoms with Gasteiger partial charge in [0, 0.05) is 30.4 Å². The van der Waals surface area contributed by atoms with E-state index >= 15 is 4.39 Å². The summed E-state index contributed by atoms with van der Waals surface area (Å²) in [6, 6.07) is 6.04. The first-order valence-corrected chi connectivity index (χ1v) is 10.1. The highest BCUT2D eigenvalue weighted by molar-refractivity contribution is 5.94. The maximum Gasteiger partial charge on any atom is 0.417 e. The van der Waals surface area contributed by atoms with E-state index in [4.69, 9.17) is 4.74 Å². The quantitative estimate of drug-likeness (QED) is 0.516. The van der Waals surface area contributed by atoms with Gasteiger partial charge in [-0.15, -0.1) is 0 Å². The van der Waals surface area contributed by atoms with Crippen molar-refractivity contribution in [3.05, 3.63) is 59.4 Å². The molecule has 0 spiro atoms. The van der Waals surface area contributed by atoms with Crippen LogP contribution in [0.2, 0.25) is 0 Å². The molecule has 6 nitrogen and oxygen atoms in total. The summed E-state index contributed by atoms with van der Waals surface area (Å²) in [4.78, 5) is 22.4. The van der Waals surface area contributed by atoms with Crippen molar-refractivity contribution in [3.8, 4) is 22.9 Å². The van der Waals surface area contributed by atoms with E-state index in [1.807, 2.05) is 0 Å². The number of pyridine rings is 1. The molecule has 3 heterocycles. The summed E-state index contributed by atoms with van der Waals surface area (Å²) in [5.74, 6) is 0.0665. The summed E-state index contributed by atoms with van der Waals surface area (Å²) >= 11 is 0. The Bertz CT molecular complexity index is 1200. The molecule has 166 valence electrons. The Kier molecular flexibility index (Phi) is 4.68. The molecule has 0 unspecified atom stereocenters. The average Bonchev–Trinajstić information content (AvgIpc) is 3.43. The minimum atomic E-state index is -4.50. The number of fused-ring (bicyclic) bond motifs is 1. The van der Waals surface area contributed by atoms with Gasteiger partial charge in [-0.3, -0.25) is 4.79 Å². The summed E-state index contributed by atoms with van der Waals surface area (Å²) in [6.45, 7) is 2.72. The van der Waals surface area contributed by atoms with Crippen molar-refractivity contribution in [2.24, 2.45) is 5.92 Å². The highest BCUT2D eigenvalue weighted by Crippen LogP contribution is 2.36. The highest BCUT2D eigenvalue weighted by atomic mass is 19.4. The second kappa shape index (κ2) is 7.32. The third-order valence-corrected chi connectivity index (χ3v) is 5.59. The van der Waals surface area contributed by atoms with Crippen LogP contribution in [-0.2, 0) is 12.8 Å². The smallest absolute Gasteiger partial charge is 0.417 e. The lowest BCUT2D eigenvalue weighted by Crippen LogP contribution is -2.27. The molecule has 0 N–H and O–H groups in total. The number of benzene rings is 1. The lowest BCUT2D eigenvalue weighted by atomic mass is 10.1. The third kappa shape index (κ3) is 3.69. The number of imidazole rings is 1. The lowest BCUT2D eigenvalue weighted by Gasteiger charge is -2.16. The number of ether oxygens (including phenoxy) is 1. The maximum atomic E-state index is 15.0. The fraction of sp³-hybridized carbons (Fsp3) is 0.318. The number of nitrogens with zero attached hydrogens (tertiary/aromatic N) is 4. The number of aromatic nitrogens is 3. The van der Waals surface area contributed by atoms with Crippen molar-refractivity contribution in [3.63, 3.8) is 0 Å². The van der Waals surface area contributed by atoms with Crippen molar-refractivity contribution >= 4 is 5.91 Å². The van der Waals surface area contributed by atoms with Crippen LogP contribution in [0.1, 0.15) is 34.7 Å². The minimum Gasteiger partial charge on any atom is -0.439 e. The van der Waals surface area contributed by atoms with Crippen LogP contribution in [-0.4, -0.2) is 31.9 Å². The first kappa shape index (κ1) is 20.5. The molecule has 1 fully saturated rings. The summed E-state index contributed by atoms with van der Waals surface area (Å²) in [6.07, 6.45) is -1.62. The molecule has 2 aromatic heterocycles. The van der Waals surface area contributed by atoms with E-state index in [0.29, 0.717) is 42.5 Å². The lowest BCUT2D eigenvalue weighted by molar-refractivity contribution is -0.137. The number of carbonyl (C=O) groups is 1. The predicted octanol–water partition coefficient (Wildman–Crippen LogP) is 5.03. The Morgan fingerprint density at radius 3 is 2.59 bits per heavy atom. The standard InChI is InChI=1S/C22H18F4N4O2/c1-12-19(30-11-29(10-13-2-3-13)21(31)20(30)28-12)16-6-5-15(8-17(16)23)32-18-7-4-14(9-27-18)22(24,25)26/h4-9,13H,2-3,10-11H2,1H3. The summed E-state index contributed by atoms with van der Waals surface area (Å²) < 4.78 is 60.1. The van der Waals surface area contributed by atoms with Crippen molar-refractivity contribution in [1.82, 2.24) is 19.4 Å². The fourth-order valence-corrected chi connectivity index (χ4v) is 3.82. The molecule has 0 saturated heterocycles. The van der Waals surface area contributed by atoms with Crippen LogP contribution in [0.25, 0.3) is 11.3 Å². The molecule has 0 atom stereocenters. The van der Waals surface area contributed by atoms with E-state index in [1.165, 1.54) is 12.1 Å². The first-order chi connectivity index (χ1) is 15.2. The molecule has 1 aromatic carbocycles. The predicted molar refractivity (Wildman–Crippen MR) is 105 cm³/mol. The van der Waals surface area contributed by atoms with E-state index in [1.54, 1.807) is 16.4 Å². The van der Waals surface area contributed by atoms with E-state index in [-0.39, 0.29) is 23.1 Å². The maximum absolute atomic E-state index is 15.0. The van der Waals surface area contributed by atoms with Crippen molar-refractivity contribution in [2.45, 2.75) is 32.6 Å². The molecule has 1 saturated carbocycles.